The summed E-state index contributed by atoms with van der Waals surface area (Å²) >= 11 is 0. The van der Waals surface area contributed by atoms with E-state index < -0.39 is 25.8 Å². The van der Waals surface area contributed by atoms with Gasteiger partial charge in [0.05, 0.1) is 0 Å². The summed E-state index contributed by atoms with van der Waals surface area (Å²) in [7, 11) is -4.66. The van der Waals surface area contributed by atoms with Crippen LogP contribution in [-0.2, 0) is 27.0 Å². The highest BCUT2D eigenvalue weighted by Gasteiger charge is 2.26. The van der Waals surface area contributed by atoms with Crippen molar-refractivity contribution < 1.29 is 33.0 Å². The Morgan fingerprint density at radius 2 is 1.82 bits per heavy atom. The van der Waals surface area contributed by atoms with Gasteiger partial charge < -0.3 is 19.7 Å². The van der Waals surface area contributed by atoms with Gasteiger partial charge >= 0.3 is 7.82 Å². The van der Waals surface area contributed by atoms with Crippen LogP contribution < -0.4 is 15.2 Å². The van der Waals surface area contributed by atoms with Crippen LogP contribution in [0.3, 0.4) is 0 Å². The molecule has 2 aromatic rings. The van der Waals surface area contributed by atoms with Gasteiger partial charge in [0.2, 0.25) is 17.7 Å². The van der Waals surface area contributed by atoms with Gasteiger partial charge in [0.15, 0.2) is 5.82 Å². The van der Waals surface area contributed by atoms with Crippen molar-refractivity contribution in [3.05, 3.63) is 41.5 Å². The maximum absolute atomic E-state index is 13.0. The molecular formula is C22H33N4O7P. The van der Waals surface area contributed by atoms with Gasteiger partial charge in [0.1, 0.15) is 17.8 Å². The molecule has 0 saturated carbocycles. The minimum atomic E-state index is -4.66. The second-order valence-electron chi connectivity index (χ2n) is 8.01. The molecule has 2 rings (SSSR count). The number of hydrogen-bond donors (Lipinski definition) is 4. The fourth-order valence-corrected chi connectivity index (χ4v) is 3.74. The third-order valence-corrected chi connectivity index (χ3v) is 5.49. The third kappa shape index (κ3) is 9.62. The largest absolute Gasteiger partial charge is 0.524 e. The van der Waals surface area contributed by atoms with Gasteiger partial charge in [-0.3, -0.25) is 19.4 Å². The maximum Gasteiger partial charge on any atom is 0.524 e. The zero-order chi connectivity index (χ0) is 25.1. The molecule has 1 heterocycles. The molecule has 34 heavy (non-hydrogen) atoms. The van der Waals surface area contributed by atoms with E-state index in [9.17, 15) is 14.2 Å². The summed E-state index contributed by atoms with van der Waals surface area (Å²) in [6.45, 7) is 5.34. The number of phosphoric acid groups is 1. The summed E-state index contributed by atoms with van der Waals surface area (Å²) < 4.78 is 20.8. The molecule has 0 bridgehead atoms. The van der Waals surface area contributed by atoms with Crippen molar-refractivity contribution in [1.82, 2.24) is 20.8 Å². The zero-order valence-electron chi connectivity index (χ0n) is 19.7. The Kier molecular flexibility index (Phi) is 10.7. The van der Waals surface area contributed by atoms with Gasteiger partial charge in [-0.05, 0) is 30.5 Å². The van der Waals surface area contributed by atoms with E-state index in [0.717, 1.165) is 25.7 Å². The average Bonchev–Trinajstić information content (AvgIpc) is 3.23. The fourth-order valence-electron chi connectivity index (χ4n) is 3.35. The summed E-state index contributed by atoms with van der Waals surface area (Å²) in [5.41, 5.74) is 0.659. The fraction of sp³-hybridized carbons (Fsp3) is 0.545. The predicted molar refractivity (Wildman–Crippen MR) is 124 cm³/mol. The highest BCUT2D eigenvalue weighted by molar-refractivity contribution is 7.46. The lowest BCUT2D eigenvalue weighted by Crippen LogP contribution is -2.48. The molecule has 11 nitrogen and oxygen atoms in total. The zero-order valence-corrected chi connectivity index (χ0v) is 20.6. The molecule has 1 aromatic heterocycles. The van der Waals surface area contributed by atoms with Gasteiger partial charge in [-0.1, -0.05) is 50.4 Å². The number of phosphoric ester groups is 1. The molecule has 12 heteroatoms. The number of amides is 2. The molecule has 0 spiro atoms. The summed E-state index contributed by atoms with van der Waals surface area (Å²) in [5.74, 6) is 0.129. The van der Waals surface area contributed by atoms with Crippen LogP contribution in [0.15, 0.2) is 28.8 Å². The number of rotatable bonds is 14. The number of hydrogen-bond acceptors (Lipinski definition) is 7. The molecule has 0 aliphatic heterocycles. The molecule has 2 atom stereocenters. The summed E-state index contributed by atoms with van der Waals surface area (Å²) in [4.78, 5) is 46.9. The maximum atomic E-state index is 13.0. The number of carbonyl (C=O) groups excluding carboxylic acids is 2. The summed E-state index contributed by atoms with van der Waals surface area (Å²) in [6, 6.07) is 4.51. The number of unbranched alkanes of at least 4 members (excludes halogenated alkanes) is 3. The van der Waals surface area contributed by atoms with Gasteiger partial charge in [-0.2, -0.15) is 4.98 Å². The van der Waals surface area contributed by atoms with Crippen molar-refractivity contribution in [1.29, 1.82) is 0 Å². The molecule has 1 aromatic carbocycles. The minimum Gasteiger partial charge on any atom is -0.404 e. The molecule has 0 radical (unpaired) electrons. The van der Waals surface area contributed by atoms with E-state index in [-0.39, 0.29) is 18.1 Å². The smallest absolute Gasteiger partial charge is 0.404 e. The van der Waals surface area contributed by atoms with Crippen molar-refractivity contribution in [2.24, 2.45) is 0 Å². The first-order valence-electron chi connectivity index (χ1n) is 11.3. The third-order valence-electron chi connectivity index (χ3n) is 5.04. The quantitative estimate of drug-likeness (QED) is 0.227. The Hall–Kier alpha value is -2.75. The van der Waals surface area contributed by atoms with E-state index in [1.807, 2.05) is 6.92 Å². The van der Waals surface area contributed by atoms with Crippen LogP contribution in [0.25, 0.3) is 0 Å². The Bertz CT molecular complexity index is 974. The normalized spacial score (nSPS) is 13.2. The molecule has 0 saturated heterocycles. The Labute approximate surface area is 198 Å². The van der Waals surface area contributed by atoms with Crippen LogP contribution in [0.2, 0.25) is 0 Å². The van der Waals surface area contributed by atoms with Gasteiger partial charge in [0, 0.05) is 19.8 Å². The number of carbonyl (C=O) groups is 2. The highest BCUT2D eigenvalue weighted by Crippen LogP contribution is 2.37. The van der Waals surface area contributed by atoms with E-state index in [1.165, 1.54) is 19.1 Å². The first-order chi connectivity index (χ1) is 16.1. The van der Waals surface area contributed by atoms with Crippen LogP contribution in [0.4, 0.5) is 0 Å². The van der Waals surface area contributed by atoms with Crippen molar-refractivity contribution in [2.75, 3.05) is 0 Å². The highest BCUT2D eigenvalue weighted by atomic mass is 31.2. The van der Waals surface area contributed by atoms with E-state index >= 15 is 0 Å². The minimum absolute atomic E-state index is 0.00875. The van der Waals surface area contributed by atoms with E-state index in [2.05, 4.69) is 32.2 Å². The molecular weight excluding hydrogens is 463 g/mol. The van der Waals surface area contributed by atoms with Crippen LogP contribution in [0, 0.1) is 0 Å². The Balaban J connectivity index is 2.04. The standard InChI is InChI=1S/C22H33N4O7P/c1-4-6-7-8-9-20-25-22(32-26-20)18(5-2)24-21(28)19(23-15(3)27)14-16-10-12-17(13-11-16)33-34(29,30)31/h10-13,18-19H,4-9,14H2,1-3H3,(H,23,27)(H,24,28)(H2,29,30,31)/t18-,19-/m0/s1. The molecule has 0 unspecified atom stereocenters. The van der Waals surface area contributed by atoms with Crippen LogP contribution in [-0.4, -0.2) is 37.8 Å². The summed E-state index contributed by atoms with van der Waals surface area (Å²) in [6.07, 6.45) is 5.75. The number of benzene rings is 1. The van der Waals surface area contributed by atoms with Crippen molar-refractivity contribution in [3.63, 3.8) is 0 Å². The van der Waals surface area contributed by atoms with E-state index in [0.29, 0.717) is 30.1 Å². The second-order valence-corrected chi connectivity index (χ2v) is 9.18. The molecule has 0 aliphatic carbocycles. The van der Waals surface area contributed by atoms with E-state index in [1.54, 1.807) is 12.1 Å². The molecule has 0 fully saturated rings. The average molecular weight is 497 g/mol. The predicted octanol–water partition coefficient (Wildman–Crippen LogP) is 2.98. The lowest BCUT2D eigenvalue weighted by molar-refractivity contribution is -0.128. The van der Waals surface area contributed by atoms with Crippen molar-refractivity contribution in [2.45, 2.75) is 77.8 Å². The summed E-state index contributed by atoms with van der Waals surface area (Å²) in [5, 5.41) is 9.51. The molecule has 188 valence electrons. The first kappa shape index (κ1) is 27.5. The monoisotopic (exact) mass is 496 g/mol. The van der Waals surface area contributed by atoms with Crippen LogP contribution in [0.5, 0.6) is 5.75 Å². The van der Waals surface area contributed by atoms with Crippen molar-refractivity contribution >= 4 is 19.6 Å². The first-order valence-corrected chi connectivity index (χ1v) is 12.9. The molecule has 4 N–H and O–H groups in total. The Morgan fingerprint density at radius 1 is 1.12 bits per heavy atom. The number of aryl methyl sites for hydroxylation is 1. The van der Waals surface area contributed by atoms with Crippen LogP contribution >= 0.6 is 7.82 Å². The van der Waals surface area contributed by atoms with Crippen LogP contribution in [0.1, 0.15) is 76.2 Å². The van der Waals surface area contributed by atoms with Gasteiger partial charge in [0.25, 0.3) is 0 Å². The molecule has 0 aliphatic rings. The topological polar surface area (TPSA) is 164 Å². The van der Waals surface area contributed by atoms with Crippen molar-refractivity contribution in [3.8, 4) is 5.75 Å². The lowest BCUT2D eigenvalue weighted by Gasteiger charge is -2.21. The number of nitrogens with one attached hydrogen (secondary N) is 2. The molecule has 2 amide bonds. The second kappa shape index (κ2) is 13.2. The number of nitrogens with zero attached hydrogens (tertiary/aromatic N) is 2. The number of aromatic nitrogens is 2. The van der Waals surface area contributed by atoms with E-state index in [4.69, 9.17) is 14.3 Å². The van der Waals surface area contributed by atoms with Gasteiger partial charge in [-0.15, -0.1) is 0 Å². The SMILES string of the molecule is CCCCCCc1noc([C@H](CC)NC(=O)[C@H](Cc2ccc(OP(=O)(O)O)cc2)NC(C)=O)n1. The lowest BCUT2D eigenvalue weighted by atomic mass is 10.0. The van der Waals surface area contributed by atoms with Gasteiger partial charge in [-0.25, -0.2) is 4.57 Å². The Morgan fingerprint density at radius 3 is 2.41 bits per heavy atom.